The molecule has 0 bridgehead atoms. The Labute approximate surface area is 181 Å². The van der Waals surface area contributed by atoms with Gasteiger partial charge >= 0.3 is 6.03 Å². The summed E-state index contributed by atoms with van der Waals surface area (Å²) in [6.45, 7) is 14.6. The fourth-order valence-corrected chi connectivity index (χ4v) is 3.14. The van der Waals surface area contributed by atoms with Crippen LogP contribution in [-0.4, -0.2) is 41.0 Å². The first-order valence-electron chi connectivity index (χ1n) is 10.7. The molecule has 0 aliphatic heterocycles. The van der Waals surface area contributed by atoms with E-state index in [9.17, 15) is 4.79 Å². The van der Waals surface area contributed by atoms with Crippen LogP contribution >= 0.6 is 0 Å². The van der Waals surface area contributed by atoms with Gasteiger partial charge in [0.05, 0.1) is 11.2 Å². The number of methoxy groups -OCH3 is 1. The zero-order valence-electron chi connectivity index (χ0n) is 19.7. The van der Waals surface area contributed by atoms with Crippen LogP contribution in [0.3, 0.4) is 0 Å². The lowest BCUT2D eigenvalue weighted by Gasteiger charge is -2.26. The van der Waals surface area contributed by atoms with Crippen LogP contribution in [0.2, 0.25) is 0 Å². The number of hydrogen-bond acceptors (Lipinski definition) is 3. The maximum atomic E-state index is 13.3. The Morgan fingerprint density at radius 3 is 2.33 bits per heavy atom. The Kier molecular flexibility index (Phi) is 8.07. The molecule has 2 amide bonds. The smallest absolute Gasteiger partial charge is 0.323 e. The van der Waals surface area contributed by atoms with Crippen LogP contribution in [0.15, 0.2) is 36.4 Å². The number of nitrogens with one attached hydrogen (secondary N) is 1. The summed E-state index contributed by atoms with van der Waals surface area (Å²) in [5, 5.41) is 7.93. The van der Waals surface area contributed by atoms with E-state index in [4.69, 9.17) is 9.84 Å². The molecule has 166 valence electrons. The van der Waals surface area contributed by atoms with Gasteiger partial charge in [-0.1, -0.05) is 51.1 Å². The molecule has 0 saturated heterocycles. The second-order valence-electron chi connectivity index (χ2n) is 9.78. The Bertz CT molecular complexity index is 801. The molecule has 1 heterocycles. The van der Waals surface area contributed by atoms with Gasteiger partial charge in [-0.3, -0.25) is 5.32 Å². The van der Waals surface area contributed by atoms with Crippen molar-refractivity contribution < 1.29 is 9.53 Å². The molecule has 1 aromatic heterocycles. The molecule has 6 nitrogen and oxygen atoms in total. The van der Waals surface area contributed by atoms with Gasteiger partial charge < -0.3 is 9.64 Å². The number of hydrogen-bond donors (Lipinski definition) is 1. The summed E-state index contributed by atoms with van der Waals surface area (Å²) < 4.78 is 7.07. The van der Waals surface area contributed by atoms with Crippen molar-refractivity contribution in [1.82, 2.24) is 14.7 Å². The molecule has 2 rings (SSSR count). The number of ether oxygens (including phenoxy) is 1. The van der Waals surface area contributed by atoms with Crippen molar-refractivity contribution in [2.24, 2.45) is 0 Å². The molecule has 1 aromatic carbocycles. The average Bonchev–Trinajstić information content (AvgIpc) is 3.09. The van der Waals surface area contributed by atoms with Gasteiger partial charge in [-0.2, -0.15) is 5.10 Å². The minimum absolute atomic E-state index is 0.0974. The minimum Gasteiger partial charge on any atom is -0.385 e. The predicted octanol–water partition coefficient (Wildman–Crippen LogP) is 5.40. The van der Waals surface area contributed by atoms with Crippen LogP contribution in [-0.2, 0) is 22.2 Å². The number of nitrogens with zero attached hydrogens (tertiary/aromatic N) is 3. The Hall–Kier alpha value is -2.34. The van der Waals surface area contributed by atoms with Gasteiger partial charge in [0.15, 0.2) is 0 Å². The van der Waals surface area contributed by atoms with E-state index >= 15 is 0 Å². The predicted molar refractivity (Wildman–Crippen MR) is 123 cm³/mol. The highest BCUT2D eigenvalue weighted by Crippen LogP contribution is 2.28. The first-order chi connectivity index (χ1) is 14.0. The van der Waals surface area contributed by atoms with Crippen LogP contribution in [0.5, 0.6) is 0 Å². The van der Waals surface area contributed by atoms with E-state index in [1.165, 1.54) is 0 Å². The molecule has 0 aliphatic carbocycles. The molecule has 0 saturated carbocycles. The molecule has 1 N–H and O–H groups in total. The monoisotopic (exact) mass is 414 g/mol. The van der Waals surface area contributed by atoms with E-state index in [1.54, 1.807) is 7.11 Å². The molecule has 0 atom stereocenters. The van der Waals surface area contributed by atoms with Crippen molar-refractivity contribution in [2.45, 2.75) is 71.9 Å². The number of rotatable bonds is 8. The standard InChI is InChI=1S/C24H38N4O2/c1-23(2,3)20-17-21(28(26-20)24(4,5)6)25-22(29)27(15-11-12-16-30-7)18-19-13-9-8-10-14-19/h8-10,13-14,17H,11-12,15-16,18H2,1-7H3,(H,25,29). The van der Waals surface area contributed by atoms with E-state index in [2.05, 4.69) is 46.9 Å². The quantitative estimate of drug-likeness (QED) is 0.589. The van der Waals surface area contributed by atoms with Gasteiger partial charge in [0.2, 0.25) is 0 Å². The van der Waals surface area contributed by atoms with Crippen LogP contribution in [0.25, 0.3) is 0 Å². The number of aromatic nitrogens is 2. The van der Waals surface area contributed by atoms with Gasteiger partial charge in [0.1, 0.15) is 5.82 Å². The summed E-state index contributed by atoms with van der Waals surface area (Å²) in [5.74, 6) is 0.729. The van der Waals surface area contributed by atoms with Crippen LogP contribution in [0, 0.1) is 0 Å². The number of carbonyl (C=O) groups is 1. The zero-order valence-corrected chi connectivity index (χ0v) is 19.7. The van der Waals surface area contributed by atoms with Crippen molar-refractivity contribution in [3.8, 4) is 0 Å². The molecular weight excluding hydrogens is 376 g/mol. The second-order valence-corrected chi connectivity index (χ2v) is 9.78. The minimum atomic E-state index is -0.241. The lowest BCUT2D eigenvalue weighted by molar-refractivity contribution is 0.181. The molecular formula is C24H38N4O2. The summed E-state index contributed by atoms with van der Waals surface area (Å²) in [4.78, 5) is 15.1. The van der Waals surface area contributed by atoms with Crippen LogP contribution in [0.4, 0.5) is 10.6 Å². The van der Waals surface area contributed by atoms with Gasteiger partial charge in [0, 0.05) is 38.3 Å². The van der Waals surface area contributed by atoms with Gasteiger partial charge in [0.25, 0.3) is 0 Å². The highest BCUT2D eigenvalue weighted by atomic mass is 16.5. The maximum Gasteiger partial charge on any atom is 0.323 e. The maximum absolute atomic E-state index is 13.3. The van der Waals surface area contributed by atoms with Crippen LogP contribution in [0.1, 0.15) is 65.6 Å². The number of unbranched alkanes of at least 4 members (excludes halogenated alkanes) is 1. The van der Waals surface area contributed by atoms with Gasteiger partial charge in [-0.15, -0.1) is 0 Å². The summed E-state index contributed by atoms with van der Waals surface area (Å²) >= 11 is 0. The first kappa shape index (κ1) is 23.9. The van der Waals surface area contributed by atoms with Crippen molar-refractivity contribution in [3.63, 3.8) is 0 Å². The Morgan fingerprint density at radius 1 is 1.10 bits per heavy atom. The van der Waals surface area contributed by atoms with Crippen molar-refractivity contribution in [2.75, 3.05) is 25.6 Å². The Morgan fingerprint density at radius 2 is 1.77 bits per heavy atom. The molecule has 6 heteroatoms. The van der Waals surface area contributed by atoms with E-state index in [-0.39, 0.29) is 17.0 Å². The lowest BCUT2D eigenvalue weighted by atomic mass is 9.92. The van der Waals surface area contributed by atoms with E-state index < -0.39 is 0 Å². The Balaban J connectivity index is 2.23. The number of benzene rings is 1. The fraction of sp³-hybridized carbons (Fsp3) is 0.583. The molecule has 0 radical (unpaired) electrons. The third-order valence-electron chi connectivity index (χ3n) is 4.88. The number of amides is 2. The molecule has 0 aliphatic rings. The molecule has 30 heavy (non-hydrogen) atoms. The van der Waals surface area contributed by atoms with Crippen molar-refractivity contribution >= 4 is 11.8 Å². The number of carbonyl (C=O) groups excluding carboxylic acids is 1. The number of urea groups is 1. The van der Waals surface area contributed by atoms with Gasteiger partial charge in [-0.05, 0) is 39.2 Å². The second kappa shape index (κ2) is 10.1. The summed E-state index contributed by atoms with van der Waals surface area (Å²) in [6, 6.07) is 12.0. The lowest BCUT2D eigenvalue weighted by Crippen LogP contribution is -2.37. The average molecular weight is 415 g/mol. The highest BCUT2D eigenvalue weighted by molar-refractivity contribution is 5.88. The summed E-state index contributed by atoms with van der Waals surface area (Å²) in [7, 11) is 1.70. The van der Waals surface area contributed by atoms with E-state index in [1.807, 2.05) is 46.0 Å². The fourth-order valence-electron chi connectivity index (χ4n) is 3.14. The molecule has 0 unspecified atom stereocenters. The summed E-state index contributed by atoms with van der Waals surface area (Å²) in [5.41, 5.74) is 1.73. The highest BCUT2D eigenvalue weighted by Gasteiger charge is 2.26. The first-order valence-corrected chi connectivity index (χ1v) is 10.7. The topological polar surface area (TPSA) is 59.4 Å². The molecule has 2 aromatic rings. The normalized spacial score (nSPS) is 12.1. The SMILES string of the molecule is COCCCCN(Cc1ccccc1)C(=O)Nc1cc(C(C)(C)C)nn1C(C)(C)C. The third-order valence-corrected chi connectivity index (χ3v) is 4.88. The number of anilines is 1. The van der Waals surface area contributed by atoms with Gasteiger partial charge in [-0.25, -0.2) is 9.48 Å². The zero-order chi connectivity index (χ0) is 22.4. The van der Waals surface area contributed by atoms with E-state index in [0.717, 1.165) is 29.9 Å². The van der Waals surface area contributed by atoms with E-state index in [0.29, 0.717) is 19.7 Å². The molecule has 0 spiro atoms. The summed E-state index contributed by atoms with van der Waals surface area (Å²) in [6.07, 6.45) is 1.81. The van der Waals surface area contributed by atoms with Crippen molar-refractivity contribution in [3.05, 3.63) is 47.7 Å². The van der Waals surface area contributed by atoms with Crippen LogP contribution < -0.4 is 5.32 Å². The van der Waals surface area contributed by atoms with Crippen molar-refractivity contribution in [1.29, 1.82) is 0 Å². The molecule has 0 fully saturated rings. The third kappa shape index (κ3) is 6.87. The largest absolute Gasteiger partial charge is 0.385 e.